The summed E-state index contributed by atoms with van der Waals surface area (Å²) in [6.45, 7) is 4.88. The Kier molecular flexibility index (Phi) is 7.60. The van der Waals surface area contributed by atoms with Gasteiger partial charge in [-0.3, -0.25) is 4.72 Å². The van der Waals surface area contributed by atoms with Gasteiger partial charge in [-0.05, 0) is 37.1 Å². The summed E-state index contributed by atoms with van der Waals surface area (Å²) in [5.41, 5.74) is 1.73. The van der Waals surface area contributed by atoms with Crippen molar-refractivity contribution in [3.05, 3.63) is 65.5 Å². The van der Waals surface area contributed by atoms with E-state index in [-0.39, 0.29) is 18.0 Å². The van der Waals surface area contributed by atoms with Crippen molar-refractivity contribution >= 4 is 21.7 Å². The maximum atomic E-state index is 13.6. The summed E-state index contributed by atoms with van der Waals surface area (Å²) in [7, 11) is -3.60. The predicted molar refractivity (Wildman–Crippen MR) is 108 cm³/mol. The van der Waals surface area contributed by atoms with E-state index < -0.39 is 15.8 Å². The van der Waals surface area contributed by atoms with E-state index in [4.69, 9.17) is 0 Å². The van der Waals surface area contributed by atoms with Crippen molar-refractivity contribution in [2.75, 3.05) is 23.6 Å². The summed E-state index contributed by atoms with van der Waals surface area (Å²) in [5, 5.41) is 6.08. The molecular weight excluding hydrogens is 367 g/mol. The number of guanidine groups is 1. The van der Waals surface area contributed by atoms with E-state index >= 15 is 0 Å². The fourth-order valence-electron chi connectivity index (χ4n) is 2.29. The van der Waals surface area contributed by atoms with Gasteiger partial charge in [-0.2, -0.15) is 0 Å². The van der Waals surface area contributed by atoms with Crippen LogP contribution in [0.3, 0.4) is 0 Å². The standard InChI is InChI=1S/C19H25FN4O2S/c1-3-21-19(23-14-16-7-5-4-6-8-16)22-11-12-27(25,26)24-17-10-9-15(2)18(20)13-17/h4-10,13,24H,3,11-12,14H2,1-2H3,(H2,21,22,23). The maximum absolute atomic E-state index is 13.6. The van der Waals surface area contributed by atoms with Gasteiger partial charge in [-0.15, -0.1) is 0 Å². The van der Waals surface area contributed by atoms with Crippen molar-refractivity contribution in [3.8, 4) is 0 Å². The van der Waals surface area contributed by atoms with Gasteiger partial charge in [0.25, 0.3) is 0 Å². The molecule has 0 bridgehead atoms. The second kappa shape index (κ2) is 9.91. The first-order chi connectivity index (χ1) is 12.9. The van der Waals surface area contributed by atoms with E-state index in [0.29, 0.717) is 24.6 Å². The molecule has 3 N–H and O–H groups in total. The van der Waals surface area contributed by atoms with Crippen LogP contribution in [0.25, 0.3) is 0 Å². The summed E-state index contributed by atoms with van der Waals surface area (Å²) in [4.78, 5) is 4.44. The molecule has 0 aliphatic heterocycles. The SMILES string of the molecule is CCNC(=NCc1ccccc1)NCCS(=O)(=O)Nc1ccc(C)c(F)c1. The fraction of sp³-hybridized carbons (Fsp3) is 0.316. The lowest BCUT2D eigenvalue weighted by atomic mass is 10.2. The van der Waals surface area contributed by atoms with Crippen LogP contribution in [0.5, 0.6) is 0 Å². The summed E-state index contributed by atoms with van der Waals surface area (Å²) < 4.78 is 40.3. The second-order valence-corrected chi connectivity index (χ2v) is 7.83. The van der Waals surface area contributed by atoms with E-state index in [1.165, 1.54) is 18.2 Å². The summed E-state index contributed by atoms with van der Waals surface area (Å²) in [6, 6.07) is 14.0. The largest absolute Gasteiger partial charge is 0.357 e. The highest BCUT2D eigenvalue weighted by Crippen LogP contribution is 2.14. The first-order valence-electron chi connectivity index (χ1n) is 8.72. The molecule has 27 heavy (non-hydrogen) atoms. The molecule has 2 aromatic rings. The van der Waals surface area contributed by atoms with Gasteiger partial charge in [0.1, 0.15) is 5.82 Å². The van der Waals surface area contributed by atoms with Gasteiger partial charge < -0.3 is 10.6 Å². The van der Waals surface area contributed by atoms with Gasteiger partial charge in [-0.25, -0.2) is 17.8 Å². The predicted octanol–water partition coefficient (Wildman–Crippen LogP) is 2.63. The number of anilines is 1. The average molecular weight is 393 g/mol. The lowest BCUT2D eigenvalue weighted by Crippen LogP contribution is -2.40. The van der Waals surface area contributed by atoms with Crippen molar-refractivity contribution in [2.45, 2.75) is 20.4 Å². The molecule has 0 radical (unpaired) electrons. The van der Waals surface area contributed by atoms with E-state index in [2.05, 4.69) is 20.3 Å². The van der Waals surface area contributed by atoms with Crippen LogP contribution < -0.4 is 15.4 Å². The number of hydrogen-bond donors (Lipinski definition) is 3. The third-order valence-electron chi connectivity index (χ3n) is 3.72. The lowest BCUT2D eigenvalue weighted by Gasteiger charge is -2.12. The van der Waals surface area contributed by atoms with Crippen LogP contribution in [0.1, 0.15) is 18.1 Å². The number of aliphatic imine (C=N–C) groups is 1. The summed E-state index contributed by atoms with van der Waals surface area (Å²) in [5.74, 6) is -0.0770. The molecule has 0 aliphatic rings. The van der Waals surface area contributed by atoms with Crippen LogP contribution in [0.4, 0.5) is 10.1 Å². The monoisotopic (exact) mass is 392 g/mol. The third kappa shape index (κ3) is 7.26. The molecule has 0 amide bonds. The molecule has 146 valence electrons. The number of aryl methyl sites for hydroxylation is 1. The molecular formula is C19H25FN4O2S. The first-order valence-corrected chi connectivity index (χ1v) is 10.4. The highest BCUT2D eigenvalue weighted by atomic mass is 32.2. The molecule has 0 heterocycles. The Labute approximate surface area is 160 Å². The Hall–Kier alpha value is -2.61. The number of sulfonamides is 1. The van der Waals surface area contributed by atoms with Crippen LogP contribution in [0, 0.1) is 12.7 Å². The fourth-order valence-corrected chi connectivity index (χ4v) is 3.25. The minimum atomic E-state index is -3.60. The van der Waals surface area contributed by atoms with E-state index in [0.717, 1.165) is 5.56 Å². The minimum absolute atomic E-state index is 0.168. The molecule has 0 atom stereocenters. The molecule has 0 unspecified atom stereocenters. The van der Waals surface area contributed by atoms with Crippen LogP contribution >= 0.6 is 0 Å². The Morgan fingerprint density at radius 2 is 1.85 bits per heavy atom. The number of rotatable bonds is 8. The normalized spacial score (nSPS) is 11.9. The maximum Gasteiger partial charge on any atom is 0.234 e. The van der Waals surface area contributed by atoms with Gasteiger partial charge >= 0.3 is 0 Å². The highest BCUT2D eigenvalue weighted by Gasteiger charge is 2.11. The molecule has 2 rings (SSSR count). The van der Waals surface area contributed by atoms with Crippen molar-refractivity contribution in [1.29, 1.82) is 0 Å². The Balaban J connectivity index is 1.89. The molecule has 0 spiro atoms. The number of nitrogens with zero attached hydrogens (tertiary/aromatic N) is 1. The Morgan fingerprint density at radius 1 is 1.11 bits per heavy atom. The number of nitrogens with one attached hydrogen (secondary N) is 3. The zero-order valence-corrected chi connectivity index (χ0v) is 16.3. The summed E-state index contributed by atoms with van der Waals surface area (Å²) in [6.07, 6.45) is 0. The summed E-state index contributed by atoms with van der Waals surface area (Å²) >= 11 is 0. The zero-order chi connectivity index (χ0) is 19.7. The average Bonchev–Trinajstić information content (AvgIpc) is 2.63. The first kappa shape index (κ1) is 20.7. The van der Waals surface area contributed by atoms with Gasteiger partial charge in [0.2, 0.25) is 10.0 Å². The van der Waals surface area contributed by atoms with Crippen molar-refractivity contribution < 1.29 is 12.8 Å². The molecule has 0 saturated heterocycles. The van der Waals surface area contributed by atoms with Gasteiger partial charge in [0.05, 0.1) is 18.0 Å². The molecule has 0 aromatic heterocycles. The van der Waals surface area contributed by atoms with E-state index in [9.17, 15) is 12.8 Å². The van der Waals surface area contributed by atoms with Crippen LogP contribution in [-0.4, -0.2) is 33.2 Å². The minimum Gasteiger partial charge on any atom is -0.357 e. The molecule has 0 saturated carbocycles. The second-order valence-electron chi connectivity index (χ2n) is 5.99. The topological polar surface area (TPSA) is 82.6 Å². The van der Waals surface area contributed by atoms with Gasteiger partial charge in [0.15, 0.2) is 5.96 Å². The van der Waals surface area contributed by atoms with Crippen LogP contribution in [-0.2, 0) is 16.6 Å². The third-order valence-corrected chi connectivity index (χ3v) is 5.00. The Morgan fingerprint density at radius 3 is 2.52 bits per heavy atom. The smallest absolute Gasteiger partial charge is 0.234 e. The quantitative estimate of drug-likeness (QED) is 0.476. The van der Waals surface area contributed by atoms with E-state index in [1.54, 1.807) is 6.92 Å². The van der Waals surface area contributed by atoms with Crippen LogP contribution in [0.2, 0.25) is 0 Å². The van der Waals surface area contributed by atoms with Gasteiger partial charge in [-0.1, -0.05) is 36.4 Å². The van der Waals surface area contributed by atoms with Crippen molar-refractivity contribution in [3.63, 3.8) is 0 Å². The molecule has 0 aliphatic carbocycles. The zero-order valence-electron chi connectivity index (χ0n) is 15.5. The number of halogens is 1. The Bertz CT molecular complexity index is 871. The number of benzene rings is 2. The van der Waals surface area contributed by atoms with Gasteiger partial charge in [0, 0.05) is 13.1 Å². The van der Waals surface area contributed by atoms with Crippen molar-refractivity contribution in [2.24, 2.45) is 4.99 Å². The van der Waals surface area contributed by atoms with E-state index in [1.807, 2.05) is 37.3 Å². The molecule has 0 fully saturated rings. The highest BCUT2D eigenvalue weighted by molar-refractivity contribution is 7.92. The van der Waals surface area contributed by atoms with Crippen molar-refractivity contribution in [1.82, 2.24) is 10.6 Å². The lowest BCUT2D eigenvalue weighted by molar-refractivity contribution is 0.599. The molecule has 6 nitrogen and oxygen atoms in total. The number of hydrogen-bond acceptors (Lipinski definition) is 3. The molecule has 2 aromatic carbocycles. The molecule has 8 heteroatoms. The van der Waals surface area contributed by atoms with Crippen LogP contribution in [0.15, 0.2) is 53.5 Å².